The van der Waals surface area contributed by atoms with Crippen LogP contribution in [0.4, 0.5) is 0 Å². The van der Waals surface area contributed by atoms with Crippen molar-refractivity contribution in [3.05, 3.63) is 34.3 Å². The summed E-state index contributed by atoms with van der Waals surface area (Å²) in [4.78, 5) is 11.6. The van der Waals surface area contributed by atoms with Gasteiger partial charge in [-0.1, -0.05) is 28.1 Å². The normalized spacial score (nSPS) is 12.2. The first-order valence-electron chi connectivity index (χ1n) is 5.88. The number of hydrogen-bond donors (Lipinski definition) is 2. The number of halogens is 1. The van der Waals surface area contributed by atoms with E-state index in [2.05, 4.69) is 26.6 Å². The summed E-state index contributed by atoms with van der Waals surface area (Å²) in [6.07, 6.45) is 0. The van der Waals surface area contributed by atoms with Crippen LogP contribution in [0.5, 0.6) is 0 Å². The van der Waals surface area contributed by atoms with Gasteiger partial charge in [0.1, 0.15) is 0 Å². The van der Waals surface area contributed by atoms with Gasteiger partial charge in [0.2, 0.25) is 5.91 Å². The molecule has 1 aromatic carbocycles. The van der Waals surface area contributed by atoms with E-state index in [1.165, 1.54) is 0 Å². The van der Waals surface area contributed by atoms with Crippen molar-refractivity contribution in [1.29, 1.82) is 0 Å². The molecule has 0 aliphatic rings. The first-order chi connectivity index (χ1) is 8.63. The number of hydrogen-bond acceptors (Lipinski definition) is 3. The van der Waals surface area contributed by atoms with E-state index in [0.717, 1.165) is 10.0 Å². The maximum Gasteiger partial charge on any atom is 0.234 e. The van der Waals surface area contributed by atoms with Crippen LogP contribution >= 0.6 is 15.9 Å². The molecule has 0 aliphatic carbocycles. The first-order valence-corrected chi connectivity index (χ1v) is 6.67. The summed E-state index contributed by atoms with van der Waals surface area (Å²) in [7, 11) is 1.64. The topological polar surface area (TPSA) is 50.4 Å². The van der Waals surface area contributed by atoms with Gasteiger partial charge in [0.05, 0.1) is 19.2 Å². The van der Waals surface area contributed by atoms with Gasteiger partial charge < -0.3 is 15.4 Å². The molecule has 0 saturated carbocycles. The molecule has 0 radical (unpaired) electrons. The Labute approximate surface area is 116 Å². The second kappa shape index (κ2) is 8.24. The van der Waals surface area contributed by atoms with Gasteiger partial charge in [0.15, 0.2) is 0 Å². The second-order valence-corrected chi connectivity index (χ2v) is 4.93. The Morgan fingerprint density at radius 3 is 2.67 bits per heavy atom. The molecule has 0 heterocycles. The van der Waals surface area contributed by atoms with Crippen LogP contribution in [0, 0.1) is 0 Å². The van der Waals surface area contributed by atoms with E-state index < -0.39 is 0 Å². The Morgan fingerprint density at radius 1 is 1.39 bits per heavy atom. The van der Waals surface area contributed by atoms with Gasteiger partial charge in [-0.05, 0) is 24.6 Å². The maximum atomic E-state index is 11.6. The highest BCUT2D eigenvalue weighted by molar-refractivity contribution is 9.10. The summed E-state index contributed by atoms with van der Waals surface area (Å²) in [5, 5.41) is 5.94. The van der Waals surface area contributed by atoms with Crippen molar-refractivity contribution in [2.45, 2.75) is 13.0 Å². The van der Waals surface area contributed by atoms with E-state index in [9.17, 15) is 4.79 Å². The highest BCUT2D eigenvalue weighted by Crippen LogP contribution is 2.16. The fourth-order valence-corrected chi connectivity index (χ4v) is 1.77. The van der Waals surface area contributed by atoms with E-state index >= 15 is 0 Å². The molecular formula is C13H19BrN2O2. The predicted molar refractivity (Wildman–Crippen MR) is 75.4 cm³/mol. The smallest absolute Gasteiger partial charge is 0.234 e. The Morgan fingerprint density at radius 2 is 2.06 bits per heavy atom. The summed E-state index contributed by atoms with van der Waals surface area (Å²) in [6, 6.07) is 7.93. The van der Waals surface area contributed by atoms with Crippen molar-refractivity contribution in [3.8, 4) is 0 Å². The number of nitrogens with one attached hydrogen (secondary N) is 2. The zero-order valence-corrected chi connectivity index (χ0v) is 12.3. The quantitative estimate of drug-likeness (QED) is 0.755. The van der Waals surface area contributed by atoms with Gasteiger partial charge in [-0.25, -0.2) is 0 Å². The van der Waals surface area contributed by atoms with Crippen molar-refractivity contribution < 1.29 is 9.53 Å². The third-order valence-corrected chi connectivity index (χ3v) is 3.04. The van der Waals surface area contributed by atoms with Crippen LogP contribution in [-0.2, 0) is 9.53 Å². The minimum absolute atomic E-state index is 0.00910. The fraction of sp³-hybridized carbons (Fsp3) is 0.462. The lowest BCUT2D eigenvalue weighted by molar-refractivity contribution is -0.120. The summed E-state index contributed by atoms with van der Waals surface area (Å²) < 4.78 is 5.92. The molecule has 0 fully saturated rings. The fourth-order valence-electron chi connectivity index (χ4n) is 1.50. The van der Waals surface area contributed by atoms with Crippen LogP contribution in [0.2, 0.25) is 0 Å². The van der Waals surface area contributed by atoms with Crippen LogP contribution in [0.1, 0.15) is 18.5 Å². The third-order valence-electron chi connectivity index (χ3n) is 2.52. The Bertz CT molecular complexity index is 368. The zero-order chi connectivity index (χ0) is 13.4. The molecule has 0 aromatic heterocycles. The predicted octanol–water partition coefficient (Wildman–Crippen LogP) is 1.86. The molecule has 5 heteroatoms. The lowest BCUT2D eigenvalue weighted by atomic mass is 10.1. The average molecular weight is 315 g/mol. The molecule has 1 rings (SSSR count). The number of methoxy groups -OCH3 is 1. The number of amides is 1. The highest BCUT2D eigenvalue weighted by atomic mass is 79.9. The molecule has 4 nitrogen and oxygen atoms in total. The monoisotopic (exact) mass is 314 g/mol. The van der Waals surface area contributed by atoms with Crippen molar-refractivity contribution in [2.24, 2.45) is 0 Å². The third kappa shape index (κ3) is 5.62. The molecule has 0 spiro atoms. The molecule has 0 saturated heterocycles. The molecule has 1 unspecified atom stereocenters. The van der Waals surface area contributed by atoms with E-state index in [1.807, 2.05) is 31.2 Å². The minimum Gasteiger partial charge on any atom is -0.383 e. The van der Waals surface area contributed by atoms with Crippen LogP contribution in [0.25, 0.3) is 0 Å². The van der Waals surface area contributed by atoms with Crippen molar-refractivity contribution in [2.75, 3.05) is 26.8 Å². The SMILES string of the molecule is COCCNCC(=O)NC(C)c1ccc(Br)cc1. The molecule has 1 amide bonds. The lowest BCUT2D eigenvalue weighted by Crippen LogP contribution is -2.36. The van der Waals surface area contributed by atoms with Crippen molar-refractivity contribution >= 4 is 21.8 Å². The van der Waals surface area contributed by atoms with Crippen LogP contribution in [-0.4, -0.2) is 32.7 Å². The number of carbonyl (C=O) groups is 1. The molecule has 18 heavy (non-hydrogen) atoms. The van der Waals surface area contributed by atoms with E-state index in [1.54, 1.807) is 7.11 Å². The van der Waals surface area contributed by atoms with Crippen LogP contribution in [0.15, 0.2) is 28.7 Å². The number of rotatable bonds is 7. The lowest BCUT2D eigenvalue weighted by Gasteiger charge is -2.14. The Balaban J connectivity index is 2.33. The van der Waals surface area contributed by atoms with Crippen LogP contribution < -0.4 is 10.6 Å². The maximum absolute atomic E-state index is 11.6. The summed E-state index contributed by atoms with van der Waals surface area (Å²) in [6.45, 7) is 3.56. The Kier molecular flexibility index (Phi) is 6.93. The van der Waals surface area contributed by atoms with Gasteiger partial charge in [-0.15, -0.1) is 0 Å². The van der Waals surface area contributed by atoms with E-state index in [4.69, 9.17) is 4.74 Å². The van der Waals surface area contributed by atoms with Gasteiger partial charge in [0.25, 0.3) is 0 Å². The first kappa shape index (κ1) is 15.1. The average Bonchev–Trinajstić information content (AvgIpc) is 2.35. The molecule has 0 aliphatic heterocycles. The number of carbonyl (C=O) groups excluding carboxylic acids is 1. The highest BCUT2D eigenvalue weighted by Gasteiger charge is 2.08. The van der Waals surface area contributed by atoms with Gasteiger partial charge >= 0.3 is 0 Å². The van der Waals surface area contributed by atoms with E-state index in [-0.39, 0.29) is 11.9 Å². The number of benzene rings is 1. The second-order valence-electron chi connectivity index (χ2n) is 4.01. The van der Waals surface area contributed by atoms with Crippen molar-refractivity contribution in [1.82, 2.24) is 10.6 Å². The molecule has 100 valence electrons. The molecule has 1 aromatic rings. The summed E-state index contributed by atoms with van der Waals surface area (Å²) in [5.41, 5.74) is 1.09. The largest absolute Gasteiger partial charge is 0.383 e. The standard InChI is InChI=1S/C13H19BrN2O2/c1-10(11-3-5-12(14)6-4-11)16-13(17)9-15-7-8-18-2/h3-6,10,15H,7-9H2,1-2H3,(H,16,17). The molecule has 1 atom stereocenters. The molecule has 2 N–H and O–H groups in total. The van der Waals surface area contributed by atoms with Crippen molar-refractivity contribution in [3.63, 3.8) is 0 Å². The van der Waals surface area contributed by atoms with Gasteiger partial charge in [0, 0.05) is 18.1 Å². The summed E-state index contributed by atoms with van der Waals surface area (Å²) in [5.74, 6) is -0.0125. The number of ether oxygens (including phenoxy) is 1. The van der Waals surface area contributed by atoms with E-state index in [0.29, 0.717) is 19.7 Å². The summed E-state index contributed by atoms with van der Waals surface area (Å²) >= 11 is 3.39. The van der Waals surface area contributed by atoms with Gasteiger partial charge in [-0.3, -0.25) is 4.79 Å². The Hall–Kier alpha value is -0.910. The van der Waals surface area contributed by atoms with Crippen LogP contribution in [0.3, 0.4) is 0 Å². The minimum atomic E-state index is -0.0125. The molecule has 0 bridgehead atoms. The molecular weight excluding hydrogens is 296 g/mol. The van der Waals surface area contributed by atoms with Gasteiger partial charge in [-0.2, -0.15) is 0 Å². The zero-order valence-electron chi connectivity index (χ0n) is 10.7.